The van der Waals surface area contributed by atoms with Crippen molar-refractivity contribution in [2.75, 3.05) is 32.6 Å². The first kappa shape index (κ1) is 31.0. The number of carbonyl (C=O) groups is 2. The van der Waals surface area contributed by atoms with Gasteiger partial charge in [0.05, 0.1) is 14.2 Å². The van der Waals surface area contributed by atoms with Gasteiger partial charge in [-0.2, -0.15) is 0 Å². The number of nitrogens with one attached hydrogen (secondary N) is 1. The highest BCUT2D eigenvalue weighted by Crippen LogP contribution is 2.29. The van der Waals surface area contributed by atoms with Crippen LogP contribution < -0.4 is 14.8 Å². The van der Waals surface area contributed by atoms with Crippen LogP contribution in [-0.2, 0) is 17.6 Å². The summed E-state index contributed by atoms with van der Waals surface area (Å²) in [4.78, 5) is 28.2. The predicted octanol–water partition coefficient (Wildman–Crippen LogP) is 6.93. The number of nitrogens with zero attached hydrogens (tertiary/aromatic N) is 3. The number of halogens is 1. The molecular weight excluding hydrogens is 572 g/mol. The van der Waals surface area contributed by atoms with E-state index in [-0.39, 0.29) is 24.8 Å². The van der Waals surface area contributed by atoms with E-state index in [1.807, 2.05) is 54.6 Å². The molecule has 220 valence electrons. The topological polar surface area (TPSA) is 93.7 Å². The number of amides is 2. The Kier molecular flexibility index (Phi) is 11.3. The fourth-order valence-electron chi connectivity index (χ4n) is 4.39. The lowest BCUT2D eigenvalue weighted by Gasteiger charge is -2.23. The molecule has 0 bridgehead atoms. The van der Waals surface area contributed by atoms with Gasteiger partial charge in [-0.1, -0.05) is 66.6 Å². The summed E-state index contributed by atoms with van der Waals surface area (Å²) >= 11 is 7.25. The summed E-state index contributed by atoms with van der Waals surface area (Å²) in [5.41, 5.74) is 3.66. The maximum atomic E-state index is 13.6. The summed E-state index contributed by atoms with van der Waals surface area (Å²) in [6.07, 6.45) is 3.91. The van der Waals surface area contributed by atoms with Crippen molar-refractivity contribution in [3.05, 3.63) is 88.4 Å². The highest BCUT2D eigenvalue weighted by atomic mass is 35.5. The van der Waals surface area contributed by atoms with Gasteiger partial charge >= 0.3 is 0 Å². The fourth-order valence-corrected chi connectivity index (χ4v) is 5.28. The zero-order valence-corrected chi connectivity index (χ0v) is 25.6. The monoisotopic (exact) mass is 606 g/mol. The Morgan fingerprint density at radius 2 is 1.60 bits per heavy atom. The first-order valence-electron chi connectivity index (χ1n) is 13.9. The largest absolute Gasteiger partial charge is 0.493 e. The Morgan fingerprint density at radius 1 is 0.881 bits per heavy atom. The molecule has 0 spiro atoms. The molecule has 0 saturated heterocycles. The number of methoxy groups -OCH3 is 2. The number of hydrogen-bond acceptors (Lipinski definition) is 7. The lowest BCUT2D eigenvalue weighted by Crippen LogP contribution is -2.35. The normalized spacial score (nSPS) is 10.8. The molecule has 0 aliphatic rings. The van der Waals surface area contributed by atoms with Crippen LogP contribution >= 0.6 is 22.9 Å². The lowest BCUT2D eigenvalue weighted by atomic mass is 10.1. The quantitative estimate of drug-likeness (QED) is 0.167. The average Bonchev–Trinajstić information content (AvgIpc) is 3.48. The lowest BCUT2D eigenvalue weighted by molar-refractivity contribution is -0.116. The Hall–Kier alpha value is -3.95. The smallest absolute Gasteiger partial charge is 0.253 e. The van der Waals surface area contributed by atoms with Crippen LogP contribution in [0.1, 0.15) is 47.7 Å². The molecule has 0 atom stereocenters. The van der Waals surface area contributed by atoms with Crippen molar-refractivity contribution in [3.8, 4) is 22.1 Å². The molecule has 0 radical (unpaired) electrons. The molecule has 0 unspecified atom stereocenters. The zero-order chi connectivity index (χ0) is 29.9. The molecular formula is C32H35ClN4O4S. The SMILES string of the molecule is CCCCc1ccc(C(=O)N(CCC(=O)Nc2nnc(-c3ccc(Cl)cc3)s2)CCc2ccc(OC)c(OC)c2)cc1. The Balaban J connectivity index is 1.43. The van der Waals surface area contributed by atoms with E-state index in [0.29, 0.717) is 45.2 Å². The molecule has 2 amide bonds. The highest BCUT2D eigenvalue weighted by Gasteiger charge is 2.19. The molecule has 4 aromatic rings. The van der Waals surface area contributed by atoms with E-state index in [2.05, 4.69) is 22.4 Å². The second-order valence-electron chi connectivity index (χ2n) is 9.75. The van der Waals surface area contributed by atoms with Crippen molar-refractivity contribution < 1.29 is 19.1 Å². The van der Waals surface area contributed by atoms with E-state index < -0.39 is 0 Å². The van der Waals surface area contributed by atoms with Crippen LogP contribution in [0.2, 0.25) is 5.02 Å². The number of hydrogen-bond donors (Lipinski definition) is 1. The molecule has 1 N–H and O–H groups in total. The van der Waals surface area contributed by atoms with Crippen molar-refractivity contribution in [2.24, 2.45) is 0 Å². The molecule has 4 rings (SSSR count). The van der Waals surface area contributed by atoms with Gasteiger partial charge in [0.2, 0.25) is 11.0 Å². The third-order valence-corrected chi connectivity index (χ3v) is 7.94. The fraction of sp³-hybridized carbons (Fsp3) is 0.312. The number of benzene rings is 3. The third-order valence-electron chi connectivity index (χ3n) is 6.80. The number of unbranched alkanes of at least 4 members (excludes halogenated alkanes) is 1. The van der Waals surface area contributed by atoms with Crippen LogP contribution in [0.4, 0.5) is 5.13 Å². The first-order valence-corrected chi connectivity index (χ1v) is 15.1. The minimum Gasteiger partial charge on any atom is -0.493 e. The van der Waals surface area contributed by atoms with E-state index in [9.17, 15) is 9.59 Å². The molecule has 0 saturated carbocycles. The molecule has 0 fully saturated rings. The van der Waals surface area contributed by atoms with Crippen LogP contribution in [0.25, 0.3) is 10.6 Å². The molecule has 0 aliphatic heterocycles. The van der Waals surface area contributed by atoms with Gasteiger partial charge in [-0.25, -0.2) is 0 Å². The van der Waals surface area contributed by atoms with Gasteiger partial charge in [0.15, 0.2) is 11.5 Å². The van der Waals surface area contributed by atoms with Crippen molar-refractivity contribution in [1.29, 1.82) is 0 Å². The second-order valence-corrected chi connectivity index (χ2v) is 11.2. The maximum absolute atomic E-state index is 13.6. The van der Waals surface area contributed by atoms with Gasteiger partial charge in [0.25, 0.3) is 5.91 Å². The molecule has 8 nitrogen and oxygen atoms in total. The van der Waals surface area contributed by atoms with E-state index >= 15 is 0 Å². The molecule has 10 heteroatoms. The van der Waals surface area contributed by atoms with Gasteiger partial charge in [-0.05, 0) is 66.8 Å². The first-order chi connectivity index (χ1) is 20.4. The van der Waals surface area contributed by atoms with Crippen LogP contribution in [0.15, 0.2) is 66.7 Å². The maximum Gasteiger partial charge on any atom is 0.253 e. The van der Waals surface area contributed by atoms with Gasteiger partial charge < -0.3 is 19.7 Å². The Morgan fingerprint density at radius 3 is 2.29 bits per heavy atom. The minimum atomic E-state index is -0.243. The third kappa shape index (κ3) is 8.53. The molecule has 1 heterocycles. The molecule has 3 aromatic carbocycles. The average molecular weight is 607 g/mol. The van der Waals surface area contributed by atoms with Gasteiger partial charge in [0, 0.05) is 35.7 Å². The van der Waals surface area contributed by atoms with Crippen molar-refractivity contribution >= 4 is 39.9 Å². The molecule has 0 aliphatic carbocycles. The minimum absolute atomic E-state index is 0.113. The van der Waals surface area contributed by atoms with Crippen LogP contribution in [0.3, 0.4) is 0 Å². The van der Waals surface area contributed by atoms with Crippen molar-refractivity contribution in [2.45, 2.75) is 39.0 Å². The summed E-state index contributed by atoms with van der Waals surface area (Å²) in [6, 6.07) is 20.7. The number of carbonyl (C=O) groups excluding carboxylic acids is 2. The summed E-state index contributed by atoms with van der Waals surface area (Å²) in [6.45, 7) is 2.84. The van der Waals surface area contributed by atoms with E-state index in [4.69, 9.17) is 21.1 Å². The Bertz CT molecular complexity index is 1470. The number of anilines is 1. The van der Waals surface area contributed by atoms with Crippen molar-refractivity contribution in [3.63, 3.8) is 0 Å². The second kappa shape index (κ2) is 15.3. The predicted molar refractivity (Wildman–Crippen MR) is 168 cm³/mol. The van der Waals surface area contributed by atoms with E-state index in [0.717, 1.165) is 30.4 Å². The van der Waals surface area contributed by atoms with Gasteiger partial charge in [0.1, 0.15) is 5.01 Å². The van der Waals surface area contributed by atoms with E-state index in [1.54, 1.807) is 31.3 Å². The van der Waals surface area contributed by atoms with Crippen LogP contribution in [-0.4, -0.2) is 54.2 Å². The van der Waals surface area contributed by atoms with E-state index in [1.165, 1.54) is 16.9 Å². The number of aromatic nitrogens is 2. The standard InChI is InChI=1S/C32H35ClN4O4S/c1-4-5-6-22-7-10-25(11-8-22)31(39)37(19-17-23-9-16-27(40-2)28(21-23)41-3)20-18-29(38)34-32-36-35-30(42-32)24-12-14-26(33)15-13-24/h7-16,21H,4-6,17-20H2,1-3H3,(H,34,36,38). The summed E-state index contributed by atoms with van der Waals surface area (Å²) in [7, 11) is 3.19. The number of aryl methyl sites for hydroxylation is 1. The molecule has 42 heavy (non-hydrogen) atoms. The summed E-state index contributed by atoms with van der Waals surface area (Å²) in [5, 5.41) is 12.8. The summed E-state index contributed by atoms with van der Waals surface area (Å²) < 4.78 is 10.8. The highest BCUT2D eigenvalue weighted by molar-refractivity contribution is 7.18. The summed E-state index contributed by atoms with van der Waals surface area (Å²) in [5.74, 6) is 0.911. The van der Waals surface area contributed by atoms with Crippen molar-refractivity contribution in [1.82, 2.24) is 15.1 Å². The van der Waals surface area contributed by atoms with Gasteiger partial charge in [-0.3, -0.25) is 9.59 Å². The zero-order valence-electron chi connectivity index (χ0n) is 24.1. The number of rotatable bonds is 14. The number of ether oxygens (including phenoxy) is 2. The van der Waals surface area contributed by atoms with Crippen LogP contribution in [0.5, 0.6) is 11.5 Å². The van der Waals surface area contributed by atoms with Crippen LogP contribution in [0, 0.1) is 0 Å². The molecule has 1 aromatic heterocycles. The Labute approximate surface area is 255 Å². The van der Waals surface area contributed by atoms with Gasteiger partial charge in [-0.15, -0.1) is 10.2 Å².